The Bertz CT molecular complexity index is 1350. The number of carboxylic acid groups (broad SMARTS) is 1. The third-order valence-corrected chi connectivity index (χ3v) is 4.70. The molecule has 0 unspecified atom stereocenters. The molecule has 0 spiro atoms. The van der Waals surface area contributed by atoms with Gasteiger partial charge in [-0.25, -0.2) is 13.6 Å². The molecule has 7 nitrogen and oxygen atoms in total. The number of aromatic nitrogens is 4. The summed E-state index contributed by atoms with van der Waals surface area (Å²) < 4.78 is 26.5. The lowest BCUT2D eigenvalue weighted by Gasteiger charge is -1.94. The summed E-state index contributed by atoms with van der Waals surface area (Å²) in [7, 11) is 0. The molecule has 4 rings (SSSR count). The van der Waals surface area contributed by atoms with Gasteiger partial charge < -0.3 is 5.11 Å². The summed E-state index contributed by atoms with van der Waals surface area (Å²) in [6, 6.07) is 15.4. The molecule has 0 atom stereocenters. The maximum Gasteiger partial charge on any atom is 0.328 e. The number of rotatable bonds is 4. The fourth-order valence-electron chi connectivity index (χ4n) is 3.02. The highest BCUT2D eigenvalue weighted by atomic mass is 19.1. The van der Waals surface area contributed by atoms with E-state index in [0.717, 1.165) is 34.4 Å². The number of allylic oxidation sites excluding steroid dienone is 1. The number of nitrogens with one attached hydrogen (secondary N) is 2. The molecule has 37 heavy (non-hydrogen) atoms. The lowest BCUT2D eigenvalue weighted by molar-refractivity contribution is -0.479. The van der Waals surface area contributed by atoms with Crippen LogP contribution in [0.4, 0.5) is 8.78 Å². The van der Waals surface area contributed by atoms with Crippen LogP contribution < -0.4 is 5.10 Å². The number of halogens is 2. The molecule has 0 amide bonds. The van der Waals surface area contributed by atoms with Gasteiger partial charge in [-0.2, -0.15) is 5.10 Å². The van der Waals surface area contributed by atoms with E-state index in [1.165, 1.54) is 53.2 Å². The van der Waals surface area contributed by atoms with Crippen molar-refractivity contribution in [1.82, 2.24) is 14.9 Å². The highest BCUT2D eigenvalue weighted by molar-refractivity contribution is 5.92. The number of hydrogen-bond acceptors (Lipinski definition) is 3. The first-order chi connectivity index (χ1) is 17.5. The van der Waals surface area contributed by atoms with Crippen molar-refractivity contribution in [2.45, 2.75) is 27.7 Å². The molecule has 2 aromatic heterocycles. The Morgan fingerprint density at radius 3 is 1.73 bits per heavy atom. The number of benzene rings is 2. The monoisotopic (exact) mass is 507 g/mol. The van der Waals surface area contributed by atoms with E-state index in [1.807, 2.05) is 39.8 Å². The topological polar surface area (TPSA) is 102 Å². The highest BCUT2D eigenvalue weighted by Gasteiger charge is 2.12. The fraction of sp³-hybridized carbons (Fsp3) is 0.143. The minimum absolute atomic E-state index is 0.162. The second-order valence-electron chi connectivity index (χ2n) is 8.05. The fourth-order valence-corrected chi connectivity index (χ4v) is 3.02. The van der Waals surface area contributed by atoms with Crippen LogP contribution in [0.2, 0.25) is 0 Å². The normalized spacial score (nSPS) is 10.5. The van der Waals surface area contributed by atoms with Crippen LogP contribution in [0.1, 0.15) is 38.7 Å². The molecule has 192 valence electrons. The van der Waals surface area contributed by atoms with E-state index in [-0.39, 0.29) is 17.5 Å². The predicted octanol–water partition coefficient (Wildman–Crippen LogP) is 5.36. The molecule has 0 saturated carbocycles. The number of H-pyrrole nitrogens is 2. The van der Waals surface area contributed by atoms with Crippen LogP contribution >= 0.6 is 0 Å². The van der Waals surface area contributed by atoms with Gasteiger partial charge in [-0.1, -0.05) is 28.9 Å². The molecule has 0 aliphatic rings. The van der Waals surface area contributed by atoms with Crippen LogP contribution in [0, 0.1) is 39.3 Å². The van der Waals surface area contributed by atoms with E-state index >= 15 is 0 Å². The number of hydrogen-bond donors (Lipinski definition) is 2. The summed E-state index contributed by atoms with van der Waals surface area (Å²) in [6.07, 6.45) is 5.52. The number of aliphatic carboxylic acids is 1. The third kappa shape index (κ3) is 10.6. The van der Waals surface area contributed by atoms with Gasteiger partial charge >= 0.3 is 11.9 Å². The van der Waals surface area contributed by atoms with Crippen molar-refractivity contribution in [3.63, 3.8) is 0 Å². The van der Waals surface area contributed by atoms with Gasteiger partial charge in [-0.05, 0) is 74.4 Å². The lowest BCUT2D eigenvalue weighted by Crippen LogP contribution is -2.26. The Morgan fingerprint density at radius 2 is 1.38 bits per heavy atom. The van der Waals surface area contributed by atoms with Gasteiger partial charge in [0, 0.05) is 30.8 Å². The van der Waals surface area contributed by atoms with Crippen molar-refractivity contribution >= 4 is 24.0 Å². The van der Waals surface area contributed by atoms with Gasteiger partial charge in [0.25, 0.3) is 0 Å². The quantitative estimate of drug-likeness (QED) is 0.363. The highest BCUT2D eigenvalue weighted by Crippen LogP contribution is 2.06. The van der Waals surface area contributed by atoms with E-state index < -0.39 is 5.97 Å². The SMILES string of the molecule is Cc1cc(C)[nH]n1.Cc1cc(C)n(C(=O)/C=C/c2ccc(F)cc2)[nH+]1.O=C(O)/C=C/c1ccc(F)cc1. The Kier molecular flexibility index (Phi) is 10.8. The summed E-state index contributed by atoms with van der Waals surface area (Å²) in [5, 5.41) is 17.9. The Hall–Kier alpha value is -4.66. The van der Waals surface area contributed by atoms with Crippen LogP contribution in [0.5, 0.6) is 0 Å². The molecule has 0 aliphatic carbocycles. The number of carboxylic acids is 1. The number of aromatic amines is 2. The van der Waals surface area contributed by atoms with Gasteiger partial charge in [0.1, 0.15) is 11.6 Å². The van der Waals surface area contributed by atoms with E-state index in [4.69, 9.17) is 5.11 Å². The smallest absolute Gasteiger partial charge is 0.328 e. The lowest BCUT2D eigenvalue weighted by atomic mass is 10.2. The minimum atomic E-state index is -1.01. The predicted molar refractivity (Wildman–Crippen MR) is 138 cm³/mol. The van der Waals surface area contributed by atoms with E-state index in [9.17, 15) is 18.4 Å². The first-order valence-corrected chi connectivity index (χ1v) is 11.2. The summed E-state index contributed by atoms with van der Waals surface area (Å²) in [5.74, 6) is -1.80. The average molecular weight is 508 g/mol. The molecule has 0 fully saturated rings. The van der Waals surface area contributed by atoms with Gasteiger partial charge in [-0.3, -0.25) is 9.89 Å². The Morgan fingerprint density at radius 1 is 0.865 bits per heavy atom. The van der Waals surface area contributed by atoms with Gasteiger partial charge in [0.05, 0.1) is 11.4 Å². The first-order valence-electron chi connectivity index (χ1n) is 11.2. The molecular formula is C28H29F2N4O3+. The van der Waals surface area contributed by atoms with Crippen LogP contribution in [0.25, 0.3) is 12.2 Å². The number of carbonyl (C=O) groups is 2. The van der Waals surface area contributed by atoms with Gasteiger partial charge in [0.15, 0.2) is 0 Å². The van der Waals surface area contributed by atoms with Crippen molar-refractivity contribution in [1.29, 1.82) is 0 Å². The molecule has 4 aromatic rings. The van der Waals surface area contributed by atoms with E-state index in [0.29, 0.717) is 5.56 Å². The standard InChI is InChI=1S/C14H13FN2O.C9H7FO2.C5H8N2/c1-10-9-11(2)17(16-10)14(18)8-5-12-3-6-13(15)7-4-12;10-8-4-1-7(2-5-8)3-6-9(11)12;1-4-3-5(2)7-6-4/h3-9H,1-2H3;1-6H,(H,11,12);3H,1-2H3,(H,6,7)/p+1/b8-5+;6-3+;. The molecule has 9 heteroatoms. The summed E-state index contributed by atoms with van der Waals surface area (Å²) in [5.41, 5.74) is 5.40. The molecule has 0 bridgehead atoms. The maximum absolute atomic E-state index is 12.7. The summed E-state index contributed by atoms with van der Waals surface area (Å²) in [6.45, 7) is 7.69. The van der Waals surface area contributed by atoms with Crippen molar-refractivity contribution in [2.24, 2.45) is 0 Å². The van der Waals surface area contributed by atoms with Crippen molar-refractivity contribution in [2.75, 3.05) is 0 Å². The molecule has 0 aliphatic heterocycles. The molecule has 3 N–H and O–H groups in total. The zero-order chi connectivity index (χ0) is 27.4. The minimum Gasteiger partial charge on any atom is -0.478 e. The second kappa shape index (κ2) is 14.0. The average Bonchev–Trinajstić information content (AvgIpc) is 3.41. The molecule has 0 radical (unpaired) electrons. The van der Waals surface area contributed by atoms with E-state index in [2.05, 4.69) is 15.3 Å². The Balaban J connectivity index is 0.000000217. The number of nitrogens with zero attached hydrogens (tertiary/aromatic N) is 2. The molecular weight excluding hydrogens is 478 g/mol. The van der Waals surface area contributed by atoms with Crippen molar-refractivity contribution in [3.05, 3.63) is 118 Å². The van der Waals surface area contributed by atoms with Crippen LogP contribution in [-0.2, 0) is 4.79 Å². The zero-order valence-electron chi connectivity index (χ0n) is 21.0. The number of carbonyl (C=O) groups excluding carboxylic acids is 1. The van der Waals surface area contributed by atoms with Crippen molar-refractivity contribution in [3.8, 4) is 0 Å². The van der Waals surface area contributed by atoms with Crippen LogP contribution in [-0.4, -0.2) is 31.9 Å². The second-order valence-corrected chi connectivity index (χ2v) is 8.05. The molecule has 2 aromatic carbocycles. The summed E-state index contributed by atoms with van der Waals surface area (Å²) >= 11 is 0. The maximum atomic E-state index is 12.7. The largest absolute Gasteiger partial charge is 0.478 e. The van der Waals surface area contributed by atoms with Crippen LogP contribution in [0.15, 0.2) is 72.8 Å². The summed E-state index contributed by atoms with van der Waals surface area (Å²) in [4.78, 5) is 22.0. The molecule has 2 heterocycles. The zero-order valence-corrected chi connectivity index (χ0v) is 21.0. The van der Waals surface area contributed by atoms with Crippen LogP contribution in [0.3, 0.4) is 0 Å². The van der Waals surface area contributed by atoms with E-state index in [1.54, 1.807) is 18.2 Å². The van der Waals surface area contributed by atoms with Crippen molar-refractivity contribution < 1.29 is 28.6 Å². The molecule has 0 saturated heterocycles. The number of aryl methyl sites for hydroxylation is 4. The Labute approximate surface area is 213 Å². The first kappa shape index (κ1) is 28.6. The van der Waals surface area contributed by atoms with Gasteiger partial charge in [-0.15, -0.1) is 5.10 Å². The van der Waals surface area contributed by atoms with Gasteiger partial charge in [0.2, 0.25) is 5.69 Å². The third-order valence-electron chi connectivity index (χ3n) is 4.70.